The quantitative estimate of drug-likeness (QED) is 0.509. The Morgan fingerprint density at radius 3 is 2.04 bits per heavy atom. The number of ketones is 1. The minimum Gasteiger partial charge on any atom is -0.502 e. The number of hydrogen-bond donors (Lipinski definition) is 3. The topological polar surface area (TPSA) is 131 Å². The van der Waals surface area contributed by atoms with Gasteiger partial charge in [0.25, 0.3) is 0 Å². The lowest BCUT2D eigenvalue weighted by Gasteiger charge is -2.18. The summed E-state index contributed by atoms with van der Waals surface area (Å²) in [5, 5.41) is 13.5. The van der Waals surface area contributed by atoms with Crippen LogP contribution in [-0.2, 0) is 14.4 Å². The van der Waals surface area contributed by atoms with Crippen molar-refractivity contribution in [2.24, 2.45) is 5.92 Å². The van der Waals surface area contributed by atoms with Gasteiger partial charge in [-0.3, -0.25) is 25.0 Å². The van der Waals surface area contributed by atoms with E-state index in [0.717, 1.165) is 6.08 Å². The number of hydrogen-bond acceptors (Lipinski definition) is 7. The molecule has 1 saturated heterocycles. The summed E-state index contributed by atoms with van der Waals surface area (Å²) < 4.78 is 9.97. The van der Waals surface area contributed by atoms with Crippen molar-refractivity contribution in [1.82, 2.24) is 10.6 Å². The molecule has 4 amide bonds. The Morgan fingerprint density at radius 2 is 1.58 bits per heavy atom. The number of amides is 4. The zero-order chi connectivity index (χ0) is 17.9. The molecular weight excluding hydrogens is 320 g/mol. The fraction of sp³-hybridized carbons (Fsp3) is 0.200. The van der Waals surface area contributed by atoms with Crippen molar-refractivity contribution < 1.29 is 33.8 Å². The second-order valence-corrected chi connectivity index (χ2v) is 4.75. The fourth-order valence-electron chi connectivity index (χ4n) is 2.06. The second-order valence-electron chi connectivity index (χ2n) is 4.75. The van der Waals surface area contributed by atoms with E-state index in [1.54, 1.807) is 0 Å². The number of phenols is 1. The first kappa shape index (κ1) is 17.0. The van der Waals surface area contributed by atoms with Crippen LogP contribution in [0.25, 0.3) is 6.08 Å². The van der Waals surface area contributed by atoms with Gasteiger partial charge in [0.2, 0.25) is 17.6 Å². The highest BCUT2D eigenvalue weighted by atomic mass is 16.5. The van der Waals surface area contributed by atoms with Crippen LogP contribution in [0.1, 0.15) is 5.56 Å². The highest BCUT2D eigenvalue weighted by Crippen LogP contribution is 2.37. The number of urea groups is 1. The number of rotatable bonds is 5. The minimum absolute atomic E-state index is 0.125. The van der Waals surface area contributed by atoms with Crippen LogP contribution in [0, 0.1) is 5.92 Å². The molecule has 2 rings (SSSR count). The molecule has 0 aliphatic carbocycles. The summed E-state index contributed by atoms with van der Waals surface area (Å²) in [5.74, 6) is -4.37. The lowest BCUT2D eigenvalue weighted by Crippen LogP contribution is -2.57. The van der Waals surface area contributed by atoms with Crippen molar-refractivity contribution in [1.29, 1.82) is 0 Å². The molecule has 1 fully saturated rings. The lowest BCUT2D eigenvalue weighted by atomic mass is 9.99. The summed E-state index contributed by atoms with van der Waals surface area (Å²) >= 11 is 0. The van der Waals surface area contributed by atoms with Crippen molar-refractivity contribution in [2.45, 2.75) is 0 Å². The summed E-state index contributed by atoms with van der Waals surface area (Å²) in [6, 6.07) is 1.91. The number of ether oxygens (including phenoxy) is 2. The average molecular weight is 334 g/mol. The number of methoxy groups -OCH3 is 2. The number of allylic oxidation sites excluding steroid dienone is 1. The molecule has 0 aromatic heterocycles. The molecule has 1 aliphatic heterocycles. The first-order chi connectivity index (χ1) is 11.4. The molecule has 9 nitrogen and oxygen atoms in total. The smallest absolute Gasteiger partial charge is 0.328 e. The molecule has 3 N–H and O–H groups in total. The van der Waals surface area contributed by atoms with Crippen molar-refractivity contribution in [2.75, 3.05) is 14.2 Å². The van der Waals surface area contributed by atoms with Gasteiger partial charge in [-0.25, -0.2) is 4.79 Å². The number of phenolic OH excluding ortho intramolecular Hbond substituents is 1. The Balaban J connectivity index is 2.24. The highest BCUT2D eigenvalue weighted by molar-refractivity contribution is 6.28. The monoisotopic (exact) mass is 334 g/mol. The van der Waals surface area contributed by atoms with E-state index in [4.69, 9.17) is 9.47 Å². The van der Waals surface area contributed by atoms with Crippen LogP contribution in [-0.4, -0.2) is 43.0 Å². The van der Waals surface area contributed by atoms with Crippen LogP contribution in [0.3, 0.4) is 0 Å². The lowest BCUT2D eigenvalue weighted by molar-refractivity contribution is -0.140. The molecule has 0 unspecified atom stereocenters. The highest BCUT2D eigenvalue weighted by Gasteiger charge is 2.38. The van der Waals surface area contributed by atoms with Crippen molar-refractivity contribution in [3.63, 3.8) is 0 Å². The number of imide groups is 2. The Labute approximate surface area is 136 Å². The van der Waals surface area contributed by atoms with Crippen LogP contribution in [0.4, 0.5) is 4.79 Å². The minimum atomic E-state index is -1.64. The summed E-state index contributed by atoms with van der Waals surface area (Å²) in [5.41, 5.74) is 0.433. The predicted octanol–water partition coefficient (Wildman–Crippen LogP) is -0.0261. The Kier molecular flexibility index (Phi) is 4.83. The maximum atomic E-state index is 12.0. The van der Waals surface area contributed by atoms with E-state index in [-0.39, 0.29) is 17.2 Å². The zero-order valence-electron chi connectivity index (χ0n) is 12.8. The van der Waals surface area contributed by atoms with Crippen molar-refractivity contribution >= 4 is 29.7 Å². The molecule has 126 valence electrons. The van der Waals surface area contributed by atoms with E-state index in [1.165, 1.54) is 32.4 Å². The number of nitrogens with one attached hydrogen (secondary N) is 2. The van der Waals surface area contributed by atoms with E-state index in [1.807, 2.05) is 10.6 Å². The summed E-state index contributed by atoms with van der Waals surface area (Å²) in [7, 11) is 2.70. The molecule has 1 heterocycles. The molecule has 1 aromatic carbocycles. The largest absolute Gasteiger partial charge is 0.502 e. The predicted molar refractivity (Wildman–Crippen MR) is 80.4 cm³/mol. The van der Waals surface area contributed by atoms with E-state index in [0.29, 0.717) is 5.56 Å². The standard InChI is InChI=1S/C15H14N2O7/c1-23-9-5-7(6-10(24-2)12(9)19)3-4-8(18)11-13(20)16-15(22)17-14(11)21/h3-6,11,19H,1-2H3,(H2,16,17,20,21,22)/b4-3+. The van der Waals surface area contributed by atoms with Gasteiger partial charge in [-0.15, -0.1) is 0 Å². The van der Waals surface area contributed by atoms with E-state index < -0.39 is 29.5 Å². The first-order valence-electron chi connectivity index (χ1n) is 6.70. The van der Waals surface area contributed by atoms with Gasteiger partial charge >= 0.3 is 6.03 Å². The number of carbonyl (C=O) groups excluding carboxylic acids is 4. The van der Waals surface area contributed by atoms with Crippen LogP contribution in [0.2, 0.25) is 0 Å². The second kappa shape index (κ2) is 6.82. The molecule has 0 spiro atoms. The normalized spacial score (nSPS) is 15.2. The molecule has 0 atom stereocenters. The Hall–Kier alpha value is -3.36. The molecule has 0 bridgehead atoms. The molecule has 1 aromatic rings. The first-order valence-corrected chi connectivity index (χ1v) is 6.70. The Bertz CT molecular complexity index is 709. The third kappa shape index (κ3) is 3.35. The number of aromatic hydroxyl groups is 1. The van der Waals surface area contributed by atoms with Gasteiger partial charge in [-0.05, 0) is 23.8 Å². The van der Waals surface area contributed by atoms with Gasteiger partial charge in [0.15, 0.2) is 23.2 Å². The molecule has 0 radical (unpaired) electrons. The maximum Gasteiger partial charge on any atom is 0.328 e. The molecule has 0 saturated carbocycles. The SMILES string of the molecule is COc1cc(/C=C/C(=O)C2C(=O)NC(=O)NC2=O)cc(OC)c1O. The molecular formula is C15H14N2O7. The van der Waals surface area contributed by atoms with Crippen LogP contribution in [0.5, 0.6) is 17.2 Å². The maximum absolute atomic E-state index is 12.0. The van der Waals surface area contributed by atoms with E-state index >= 15 is 0 Å². The summed E-state index contributed by atoms with van der Waals surface area (Å²) in [4.78, 5) is 46.2. The van der Waals surface area contributed by atoms with Gasteiger partial charge in [0, 0.05) is 0 Å². The molecule has 24 heavy (non-hydrogen) atoms. The summed E-state index contributed by atoms with van der Waals surface area (Å²) in [6.45, 7) is 0. The van der Waals surface area contributed by atoms with Gasteiger partial charge in [0.1, 0.15) is 0 Å². The number of barbiturate groups is 1. The Morgan fingerprint density at radius 1 is 1.08 bits per heavy atom. The van der Waals surface area contributed by atoms with Crippen LogP contribution < -0.4 is 20.1 Å². The van der Waals surface area contributed by atoms with Crippen LogP contribution >= 0.6 is 0 Å². The fourth-order valence-corrected chi connectivity index (χ4v) is 2.06. The summed E-state index contributed by atoms with van der Waals surface area (Å²) in [6.07, 6.45) is 2.34. The van der Waals surface area contributed by atoms with Gasteiger partial charge in [-0.1, -0.05) is 6.08 Å². The zero-order valence-corrected chi connectivity index (χ0v) is 12.8. The molecule has 9 heteroatoms. The average Bonchev–Trinajstić information content (AvgIpc) is 2.52. The third-order valence-corrected chi connectivity index (χ3v) is 3.22. The van der Waals surface area contributed by atoms with E-state index in [2.05, 4.69) is 0 Å². The third-order valence-electron chi connectivity index (χ3n) is 3.22. The van der Waals surface area contributed by atoms with Gasteiger partial charge in [0.05, 0.1) is 14.2 Å². The number of carbonyl (C=O) groups is 4. The van der Waals surface area contributed by atoms with Crippen molar-refractivity contribution in [3.05, 3.63) is 23.8 Å². The van der Waals surface area contributed by atoms with E-state index in [9.17, 15) is 24.3 Å². The van der Waals surface area contributed by atoms with Gasteiger partial charge < -0.3 is 14.6 Å². The number of benzene rings is 1. The van der Waals surface area contributed by atoms with Crippen molar-refractivity contribution in [3.8, 4) is 17.2 Å². The van der Waals surface area contributed by atoms with Gasteiger partial charge in [-0.2, -0.15) is 0 Å². The van der Waals surface area contributed by atoms with Crippen LogP contribution in [0.15, 0.2) is 18.2 Å². The molecule has 1 aliphatic rings.